The van der Waals surface area contributed by atoms with Crippen LogP contribution in [0.3, 0.4) is 0 Å². The lowest BCUT2D eigenvalue weighted by molar-refractivity contribution is 0.0961. The molecule has 1 aromatic rings. The molecule has 1 aromatic heterocycles. The Bertz CT molecular complexity index is 481. The Labute approximate surface area is 104 Å². The zero-order valence-corrected chi connectivity index (χ0v) is 11.0. The quantitative estimate of drug-likeness (QED) is 0.681. The summed E-state index contributed by atoms with van der Waals surface area (Å²) in [5.41, 5.74) is 5.97. The van der Waals surface area contributed by atoms with Gasteiger partial charge in [0.1, 0.15) is 4.88 Å². The smallest absolute Gasteiger partial charge is 0.263 e. The van der Waals surface area contributed by atoms with Crippen LogP contribution in [0.15, 0.2) is 11.4 Å². The van der Waals surface area contributed by atoms with E-state index in [1.807, 2.05) is 0 Å². The lowest BCUT2D eigenvalue weighted by Crippen LogP contribution is -2.34. The van der Waals surface area contributed by atoms with E-state index >= 15 is 0 Å². The van der Waals surface area contributed by atoms with Crippen LogP contribution >= 0.6 is 11.3 Å². The van der Waals surface area contributed by atoms with E-state index in [9.17, 15) is 13.2 Å². The number of nitrogen functional groups attached to an aromatic ring is 1. The number of amides is 1. The van der Waals surface area contributed by atoms with Crippen LogP contribution in [0.25, 0.3) is 0 Å². The summed E-state index contributed by atoms with van der Waals surface area (Å²) in [4.78, 5) is 12.0. The normalized spacial score (nSPS) is 11.4. The van der Waals surface area contributed by atoms with Gasteiger partial charge in [-0.3, -0.25) is 4.79 Å². The van der Waals surface area contributed by atoms with Crippen LogP contribution in [-0.2, 0) is 10.0 Å². The van der Waals surface area contributed by atoms with Gasteiger partial charge in [-0.2, -0.15) is 0 Å². The van der Waals surface area contributed by atoms with Crippen molar-refractivity contribution in [3.63, 3.8) is 0 Å². The van der Waals surface area contributed by atoms with Gasteiger partial charge in [0, 0.05) is 13.1 Å². The predicted octanol–water partition coefficient (Wildman–Crippen LogP) is -0.000600. The SMILES string of the molecule is CCNS(=O)(=O)CCNC(=O)c1sccc1N. The molecule has 8 heteroatoms. The lowest BCUT2D eigenvalue weighted by Gasteiger charge is -2.06. The van der Waals surface area contributed by atoms with Crippen molar-refractivity contribution < 1.29 is 13.2 Å². The Kier molecular flexibility index (Phi) is 4.91. The average molecular weight is 277 g/mol. The lowest BCUT2D eigenvalue weighted by atomic mass is 10.4. The molecule has 1 amide bonds. The van der Waals surface area contributed by atoms with Gasteiger partial charge in [0.2, 0.25) is 10.0 Å². The molecule has 0 aromatic carbocycles. The highest BCUT2D eigenvalue weighted by atomic mass is 32.2. The van der Waals surface area contributed by atoms with E-state index in [0.717, 1.165) is 0 Å². The summed E-state index contributed by atoms with van der Waals surface area (Å²) in [6.07, 6.45) is 0. The molecule has 17 heavy (non-hydrogen) atoms. The third kappa shape index (κ3) is 4.33. The molecule has 1 rings (SSSR count). The minimum Gasteiger partial charge on any atom is -0.397 e. The van der Waals surface area contributed by atoms with Crippen molar-refractivity contribution in [3.8, 4) is 0 Å². The summed E-state index contributed by atoms with van der Waals surface area (Å²) in [7, 11) is -3.30. The van der Waals surface area contributed by atoms with E-state index in [2.05, 4.69) is 10.0 Å². The Hall–Kier alpha value is -1.12. The summed E-state index contributed by atoms with van der Waals surface area (Å²) >= 11 is 1.22. The third-order valence-corrected chi connectivity index (χ3v) is 4.32. The fourth-order valence-electron chi connectivity index (χ4n) is 1.17. The minimum atomic E-state index is -3.30. The maximum absolute atomic E-state index is 11.6. The van der Waals surface area contributed by atoms with Crippen molar-refractivity contribution >= 4 is 33.0 Å². The van der Waals surface area contributed by atoms with Gasteiger partial charge in [-0.1, -0.05) is 6.92 Å². The summed E-state index contributed by atoms with van der Waals surface area (Å²) in [5, 5.41) is 4.22. The zero-order valence-electron chi connectivity index (χ0n) is 9.39. The molecule has 1 heterocycles. The van der Waals surface area contributed by atoms with Crippen LogP contribution in [0.1, 0.15) is 16.6 Å². The molecule has 0 aliphatic rings. The molecule has 0 fully saturated rings. The van der Waals surface area contributed by atoms with E-state index in [1.54, 1.807) is 18.4 Å². The molecule has 0 aliphatic carbocycles. The number of thiophene rings is 1. The monoisotopic (exact) mass is 277 g/mol. The molecule has 0 radical (unpaired) electrons. The van der Waals surface area contributed by atoms with Gasteiger partial charge >= 0.3 is 0 Å². The van der Waals surface area contributed by atoms with E-state index in [-0.39, 0.29) is 18.2 Å². The first-order chi connectivity index (χ1) is 7.96. The number of nitrogens with two attached hydrogens (primary N) is 1. The number of anilines is 1. The molecular weight excluding hydrogens is 262 g/mol. The molecule has 0 aliphatic heterocycles. The first-order valence-corrected chi connectivity index (χ1v) is 7.58. The van der Waals surface area contributed by atoms with Gasteiger partial charge in [-0.25, -0.2) is 13.1 Å². The number of carbonyl (C=O) groups is 1. The van der Waals surface area contributed by atoms with E-state index in [4.69, 9.17) is 5.73 Å². The summed E-state index contributed by atoms with van der Waals surface area (Å²) in [6, 6.07) is 1.63. The molecule has 4 N–H and O–H groups in total. The first-order valence-electron chi connectivity index (χ1n) is 5.04. The highest BCUT2D eigenvalue weighted by Gasteiger charge is 2.13. The Balaban J connectivity index is 2.43. The number of carbonyl (C=O) groups excluding carboxylic acids is 1. The largest absolute Gasteiger partial charge is 0.397 e. The van der Waals surface area contributed by atoms with Crippen LogP contribution < -0.4 is 15.8 Å². The maximum atomic E-state index is 11.6. The van der Waals surface area contributed by atoms with Crippen molar-refractivity contribution in [1.29, 1.82) is 0 Å². The first kappa shape index (κ1) is 13.9. The summed E-state index contributed by atoms with van der Waals surface area (Å²) in [5.74, 6) is -0.484. The molecule has 0 atom stereocenters. The number of sulfonamides is 1. The van der Waals surface area contributed by atoms with Crippen molar-refractivity contribution in [1.82, 2.24) is 10.0 Å². The molecule has 0 bridgehead atoms. The molecule has 0 spiro atoms. The highest BCUT2D eigenvalue weighted by Crippen LogP contribution is 2.17. The second kappa shape index (κ2) is 5.99. The van der Waals surface area contributed by atoms with Crippen molar-refractivity contribution in [3.05, 3.63) is 16.3 Å². The Morgan fingerprint density at radius 3 is 2.76 bits per heavy atom. The third-order valence-electron chi connectivity index (χ3n) is 1.92. The predicted molar refractivity (Wildman–Crippen MR) is 68.5 cm³/mol. The van der Waals surface area contributed by atoms with E-state index < -0.39 is 10.0 Å². The summed E-state index contributed by atoms with van der Waals surface area (Å²) in [6.45, 7) is 2.10. The molecule has 0 saturated carbocycles. The van der Waals surface area contributed by atoms with Gasteiger partial charge in [0.15, 0.2) is 0 Å². The number of hydrogen-bond donors (Lipinski definition) is 3. The molecule has 6 nitrogen and oxygen atoms in total. The van der Waals surface area contributed by atoms with Crippen molar-refractivity contribution in [2.24, 2.45) is 0 Å². The van der Waals surface area contributed by atoms with Crippen LogP contribution in [0, 0.1) is 0 Å². The van der Waals surface area contributed by atoms with Gasteiger partial charge in [-0.15, -0.1) is 11.3 Å². The topological polar surface area (TPSA) is 101 Å². The van der Waals surface area contributed by atoms with E-state index in [0.29, 0.717) is 17.1 Å². The molecule has 0 unspecified atom stereocenters. The van der Waals surface area contributed by atoms with Crippen LogP contribution in [-0.4, -0.2) is 33.2 Å². The second-order valence-corrected chi connectivity index (χ2v) is 6.12. The Morgan fingerprint density at radius 1 is 1.53 bits per heavy atom. The number of nitrogens with one attached hydrogen (secondary N) is 2. The van der Waals surface area contributed by atoms with Crippen molar-refractivity contribution in [2.45, 2.75) is 6.92 Å². The van der Waals surface area contributed by atoms with Crippen LogP contribution in [0.5, 0.6) is 0 Å². The number of hydrogen-bond acceptors (Lipinski definition) is 5. The van der Waals surface area contributed by atoms with Gasteiger partial charge in [0.05, 0.1) is 11.4 Å². The molecule has 96 valence electrons. The van der Waals surface area contributed by atoms with E-state index in [1.165, 1.54) is 11.3 Å². The van der Waals surface area contributed by atoms with Gasteiger partial charge in [0.25, 0.3) is 5.91 Å². The zero-order chi connectivity index (χ0) is 12.9. The van der Waals surface area contributed by atoms with Crippen LogP contribution in [0.4, 0.5) is 5.69 Å². The average Bonchev–Trinajstić information content (AvgIpc) is 2.63. The Morgan fingerprint density at radius 2 is 2.24 bits per heavy atom. The second-order valence-electron chi connectivity index (χ2n) is 3.28. The standard InChI is InChI=1S/C9H15N3O3S2/c1-2-12-17(14,15)6-4-11-9(13)8-7(10)3-5-16-8/h3,5,12H,2,4,6,10H2,1H3,(H,11,13). The minimum absolute atomic E-state index is 0.0610. The molecular formula is C9H15N3O3S2. The van der Waals surface area contributed by atoms with Gasteiger partial charge < -0.3 is 11.1 Å². The molecule has 0 saturated heterocycles. The highest BCUT2D eigenvalue weighted by molar-refractivity contribution is 7.89. The number of rotatable bonds is 6. The maximum Gasteiger partial charge on any atom is 0.263 e. The van der Waals surface area contributed by atoms with Crippen LogP contribution in [0.2, 0.25) is 0 Å². The fraction of sp³-hybridized carbons (Fsp3) is 0.444. The van der Waals surface area contributed by atoms with Crippen molar-refractivity contribution in [2.75, 3.05) is 24.6 Å². The van der Waals surface area contributed by atoms with Gasteiger partial charge in [-0.05, 0) is 11.4 Å². The summed E-state index contributed by atoms with van der Waals surface area (Å²) < 4.78 is 24.9. The fourth-order valence-corrected chi connectivity index (χ4v) is 2.86.